The molecule has 2 heterocycles. The number of oxazole rings is 1. The minimum Gasteiger partial charge on any atom is -0.494 e. The maximum atomic E-state index is 13.0. The fraction of sp³-hybridized carbons (Fsp3) is 0.367. The van der Waals surface area contributed by atoms with Gasteiger partial charge in [-0.05, 0) is 53.3 Å². The number of nitriles is 1. The third-order valence-electron chi connectivity index (χ3n) is 6.36. The number of nitrogens with zero attached hydrogens (tertiary/aromatic N) is 4. The molecule has 0 atom stereocenters. The van der Waals surface area contributed by atoms with Crippen molar-refractivity contribution in [1.82, 2.24) is 9.88 Å². The Morgan fingerprint density at radius 1 is 1.05 bits per heavy atom. The summed E-state index contributed by atoms with van der Waals surface area (Å²) in [5, 5.41) is 9.62. The van der Waals surface area contributed by atoms with Gasteiger partial charge in [-0.2, -0.15) is 10.2 Å². The van der Waals surface area contributed by atoms with Crippen LogP contribution in [0.25, 0.3) is 12.2 Å². The molecule has 1 saturated heterocycles. The molecule has 0 aliphatic carbocycles. The first-order chi connectivity index (χ1) is 17.8. The first-order valence-corrected chi connectivity index (χ1v) is 12.7. The molecule has 1 amide bonds. The van der Waals surface area contributed by atoms with Crippen molar-refractivity contribution in [2.45, 2.75) is 39.5 Å². The number of rotatable bonds is 7. The van der Waals surface area contributed by atoms with Gasteiger partial charge in [-0.15, -0.1) is 0 Å². The van der Waals surface area contributed by atoms with Crippen molar-refractivity contribution >= 4 is 23.9 Å². The molecule has 1 aliphatic rings. The molecule has 7 nitrogen and oxygen atoms in total. The summed E-state index contributed by atoms with van der Waals surface area (Å²) in [7, 11) is 0. The highest BCUT2D eigenvalue weighted by Crippen LogP contribution is 2.26. The number of benzene rings is 2. The second kappa shape index (κ2) is 11.3. The van der Waals surface area contributed by atoms with Gasteiger partial charge < -0.3 is 19.0 Å². The summed E-state index contributed by atoms with van der Waals surface area (Å²) in [6, 6.07) is 17.8. The van der Waals surface area contributed by atoms with Crippen molar-refractivity contribution in [3.05, 3.63) is 76.8 Å². The molecule has 0 N–H and O–H groups in total. The molecule has 37 heavy (non-hydrogen) atoms. The zero-order chi connectivity index (χ0) is 26.4. The molecule has 0 spiro atoms. The minimum atomic E-state index is -0.0131. The van der Waals surface area contributed by atoms with Crippen LogP contribution in [-0.2, 0) is 5.41 Å². The number of aromatic nitrogens is 1. The monoisotopic (exact) mass is 498 g/mol. The van der Waals surface area contributed by atoms with Crippen LogP contribution in [0.5, 0.6) is 5.75 Å². The third kappa shape index (κ3) is 6.39. The van der Waals surface area contributed by atoms with Crippen LogP contribution in [0.3, 0.4) is 0 Å². The molecule has 0 unspecified atom stereocenters. The van der Waals surface area contributed by atoms with E-state index in [1.54, 1.807) is 18.2 Å². The maximum absolute atomic E-state index is 13.0. The number of hydrogen-bond donors (Lipinski definition) is 0. The Bertz CT molecular complexity index is 1270. The summed E-state index contributed by atoms with van der Waals surface area (Å²) < 4.78 is 11.6. The van der Waals surface area contributed by atoms with E-state index in [0.717, 1.165) is 17.7 Å². The predicted octanol–water partition coefficient (Wildman–Crippen LogP) is 5.77. The van der Waals surface area contributed by atoms with Crippen LogP contribution in [0.1, 0.15) is 67.2 Å². The van der Waals surface area contributed by atoms with Crippen molar-refractivity contribution in [3.63, 3.8) is 0 Å². The highest BCUT2D eigenvalue weighted by atomic mass is 16.5. The quantitative estimate of drug-likeness (QED) is 0.412. The van der Waals surface area contributed by atoms with Gasteiger partial charge in [-0.3, -0.25) is 4.79 Å². The molecule has 1 aliphatic heterocycles. The molecular formula is C30H34N4O3. The summed E-state index contributed by atoms with van der Waals surface area (Å²) in [6.07, 6.45) is 4.65. The Kier molecular flexibility index (Phi) is 7.98. The number of carbonyl (C=O) groups excluding carboxylic acids is 1. The van der Waals surface area contributed by atoms with Crippen LogP contribution in [0.4, 0.5) is 5.88 Å². The molecule has 7 heteroatoms. The number of anilines is 1. The number of piperazine rings is 1. The van der Waals surface area contributed by atoms with Gasteiger partial charge in [-0.25, -0.2) is 0 Å². The van der Waals surface area contributed by atoms with Crippen molar-refractivity contribution < 1.29 is 13.9 Å². The molecule has 0 radical (unpaired) electrons. The smallest absolute Gasteiger partial charge is 0.253 e. The van der Waals surface area contributed by atoms with E-state index in [1.807, 2.05) is 28.0 Å². The lowest BCUT2D eigenvalue weighted by Gasteiger charge is -2.34. The highest BCUT2D eigenvalue weighted by molar-refractivity contribution is 5.94. The zero-order valence-corrected chi connectivity index (χ0v) is 22.0. The van der Waals surface area contributed by atoms with Crippen LogP contribution in [0, 0.1) is 11.3 Å². The van der Waals surface area contributed by atoms with Crippen LogP contribution >= 0.6 is 0 Å². The molecule has 1 fully saturated rings. The molecule has 4 rings (SSSR count). The van der Waals surface area contributed by atoms with Gasteiger partial charge >= 0.3 is 0 Å². The lowest BCUT2D eigenvalue weighted by molar-refractivity contribution is 0.0745. The van der Waals surface area contributed by atoms with Gasteiger partial charge in [0, 0.05) is 37.8 Å². The zero-order valence-electron chi connectivity index (χ0n) is 22.0. The molecular weight excluding hydrogens is 464 g/mol. The molecule has 3 aromatic rings. The Morgan fingerprint density at radius 3 is 2.32 bits per heavy atom. The minimum absolute atomic E-state index is 0.0131. The third-order valence-corrected chi connectivity index (χ3v) is 6.36. The summed E-state index contributed by atoms with van der Waals surface area (Å²) in [5.41, 5.74) is 3.29. The van der Waals surface area contributed by atoms with Crippen LogP contribution in [0.15, 0.2) is 52.9 Å². The van der Waals surface area contributed by atoms with E-state index in [2.05, 4.69) is 63.0 Å². The summed E-state index contributed by atoms with van der Waals surface area (Å²) in [6.45, 7) is 11.5. The molecule has 0 bridgehead atoms. The number of hydrogen-bond acceptors (Lipinski definition) is 6. The normalized spacial score (nSPS) is 14.1. The Hall–Kier alpha value is -4.05. The van der Waals surface area contributed by atoms with E-state index in [4.69, 9.17) is 9.15 Å². The van der Waals surface area contributed by atoms with E-state index in [9.17, 15) is 10.1 Å². The van der Waals surface area contributed by atoms with Gasteiger partial charge in [0.25, 0.3) is 5.91 Å². The highest BCUT2D eigenvalue weighted by Gasteiger charge is 2.26. The van der Waals surface area contributed by atoms with Crippen molar-refractivity contribution in [1.29, 1.82) is 5.26 Å². The average molecular weight is 499 g/mol. The lowest BCUT2D eigenvalue weighted by Crippen LogP contribution is -2.48. The van der Waals surface area contributed by atoms with Crippen LogP contribution in [-0.4, -0.2) is 48.6 Å². The van der Waals surface area contributed by atoms with Gasteiger partial charge in [0.2, 0.25) is 17.5 Å². The maximum Gasteiger partial charge on any atom is 0.253 e. The van der Waals surface area contributed by atoms with E-state index in [1.165, 1.54) is 5.56 Å². The Labute approximate surface area is 219 Å². The number of carbonyl (C=O) groups is 1. The average Bonchev–Trinajstić information content (AvgIpc) is 3.34. The molecule has 0 saturated carbocycles. The standard InChI is InChI=1S/C30H34N4O3/c1-5-20-36-25-13-9-23(10-14-25)28(35)33-16-18-34(19-17-33)29-26(21-31)32-27(37-29)15-8-22-6-11-24(12-7-22)30(2,3)4/h6-15H,5,16-20H2,1-4H3/b15-8+. The summed E-state index contributed by atoms with van der Waals surface area (Å²) in [5.74, 6) is 1.59. The van der Waals surface area contributed by atoms with Gasteiger partial charge in [0.05, 0.1) is 6.61 Å². The van der Waals surface area contributed by atoms with Crippen molar-refractivity contribution in [3.8, 4) is 11.8 Å². The Balaban J connectivity index is 1.38. The second-order valence-electron chi connectivity index (χ2n) is 10.2. The summed E-state index contributed by atoms with van der Waals surface area (Å²) in [4.78, 5) is 21.1. The first kappa shape index (κ1) is 26.0. The fourth-order valence-electron chi connectivity index (χ4n) is 4.16. The lowest BCUT2D eigenvalue weighted by atomic mass is 9.87. The summed E-state index contributed by atoms with van der Waals surface area (Å²) >= 11 is 0. The van der Waals surface area contributed by atoms with Gasteiger partial charge in [0.15, 0.2) is 0 Å². The van der Waals surface area contributed by atoms with Crippen molar-refractivity contribution in [2.24, 2.45) is 0 Å². The Morgan fingerprint density at radius 2 is 1.73 bits per heavy atom. The number of amides is 1. The molecule has 1 aromatic heterocycles. The number of ether oxygens (including phenoxy) is 1. The molecule has 2 aromatic carbocycles. The predicted molar refractivity (Wildman–Crippen MR) is 146 cm³/mol. The van der Waals surface area contributed by atoms with Crippen LogP contribution < -0.4 is 9.64 Å². The van der Waals surface area contributed by atoms with E-state index in [-0.39, 0.29) is 17.0 Å². The van der Waals surface area contributed by atoms with E-state index in [0.29, 0.717) is 50.1 Å². The van der Waals surface area contributed by atoms with Crippen LogP contribution in [0.2, 0.25) is 0 Å². The van der Waals surface area contributed by atoms with E-state index < -0.39 is 0 Å². The first-order valence-electron chi connectivity index (χ1n) is 12.7. The topological polar surface area (TPSA) is 82.6 Å². The molecule has 192 valence electrons. The second-order valence-corrected chi connectivity index (χ2v) is 10.2. The fourth-order valence-corrected chi connectivity index (χ4v) is 4.16. The van der Waals surface area contributed by atoms with Gasteiger partial charge in [-0.1, -0.05) is 52.0 Å². The SMILES string of the molecule is CCCOc1ccc(C(=O)N2CCN(c3oc(/C=C/c4ccc(C(C)(C)C)cc4)nc3C#N)CC2)cc1. The van der Waals surface area contributed by atoms with Gasteiger partial charge in [0.1, 0.15) is 11.8 Å². The van der Waals surface area contributed by atoms with E-state index >= 15 is 0 Å². The largest absolute Gasteiger partial charge is 0.494 e. The van der Waals surface area contributed by atoms with Crippen molar-refractivity contribution in [2.75, 3.05) is 37.7 Å².